The van der Waals surface area contributed by atoms with E-state index < -0.39 is 0 Å². The molecule has 0 amide bonds. The van der Waals surface area contributed by atoms with E-state index in [0.29, 0.717) is 12.5 Å². The molecule has 2 nitrogen and oxygen atoms in total. The van der Waals surface area contributed by atoms with Crippen LogP contribution in [0.5, 0.6) is 0 Å². The molecule has 1 saturated heterocycles. The lowest BCUT2D eigenvalue weighted by molar-refractivity contribution is 0.0975. The van der Waals surface area contributed by atoms with Gasteiger partial charge in [0.15, 0.2) is 0 Å². The Kier molecular flexibility index (Phi) is 4.66. The summed E-state index contributed by atoms with van der Waals surface area (Å²) in [4.78, 5) is 2.60. The number of hydrogen-bond acceptors (Lipinski definition) is 2. The van der Waals surface area contributed by atoms with Gasteiger partial charge in [-0.2, -0.15) is 0 Å². The summed E-state index contributed by atoms with van der Waals surface area (Å²) in [7, 11) is 0. The molecule has 1 N–H and O–H groups in total. The van der Waals surface area contributed by atoms with Gasteiger partial charge in [0.1, 0.15) is 0 Å². The highest BCUT2D eigenvalue weighted by atomic mass is 16.3. The Morgan fingerprint density at radius 2 is 1.81 bits per heavy atom. The van der Waals surface area contributed by atoms with Gasteiger partial charge >= 0.3 is 0 Å². The van der Waals surface area contributed by atoms with Gasteiger partial charge < -0.3 is 10.0 Å². The number of nitrogens with zero attached hydrogens (tertiary/aromatic N) is 1. The fourth-order valence-electron chi connectivity index (χ4n) is 3.34. The molecule has 0 aromatic carbocycles. The minimum Gasteiger partial charge on any atom is -0.396 e. The first-order valence-electron chi connectivity index (χ1n) is 7.11. The molecular formula is C14H27NO. The fraction of sp³-hybridized carbons (Fsp3) is 1.00. The quantitative estimate of drug-likeness (QED) is 0.798. The summed E-state index contributed by atoms with van der Waals surface area (Å²) in [5.74, 6) is 2.45. The minimum absolute atomic E-state index is 0.387. The minimum atomic E-state index is 0.387. The first kappa shape index (κ1) is 12.4. The standard InChI is InChI=1S/C14H27NO/c1-12-4-6-13(7-5-12)9-15-8-2-3-14(10-15)11-16/h12-14,16H,2-11H2,1H3. The summed E-state index contributed by atoms with van der Waals surface area (Å²) in [6, 6.07) is 0. The Morgan fingerprint density at radius 1 is 1.06 bits per heavy atom. The highest BCUT2D eigenvalue weighted by molar-refractivity contribution is 4.77. The molecule has 1 atom stereocenters. The van der Waals surface area contributed by atoms with Crippen LogP contribution in [0, 0.1) is 17.8 Å². The van der Waals surface area contributed by atoms with Gasteiger partial charge in [-0.1, -0.05) is 19.8 Å². The highest BCUT2D eigenvalue weighted by Gasteiger charge is 2.24. The Labute approximate surface area is 100 Å². The summed E-state index contributed by atoms with van der Waals surface area (Å²) in [6.07, 6.45) is 8.25. The molecule has 2 rings (SSSR count). The van der Waals surface area contributed by atoms with Crippen molar-refractivity contribution < 1.29 is 5.11 Å². The van der Waals surface area contributed by atoms with Crippen molar-refractivity contribution in [1.29, 1.82) is 0 Å². The van der Waals surface area contributed by atoms with E-state index in [0.717, 1.165) is 18.4 Å². The lowest BCUT2D eigenvalue weighted by Crippen LogP contribution is -2.40. The summed E-state index contributed by atoms with van der Waals surface area (Å²) < 4.78 is 0. The normalized spacial score (nSPS) is 37.5. The molecular weight excluding hydrogens is 198 g/mol. The van der Waals surface area contributed by atoms with E-state index in [4.69, 9.17) is 0 Å². The summed E-state index contributed by atoms with van der Waals surface area (Å²) in [5, 5.41) is 9.22. The van der Waals surface area contributed by atoms with Gasteiger partial charge in [-0.3, -0.25) is 0 Å². The van der Waals surface area contributed by atoms with Crippen LogP contribution in [0.3, 0.4) is 0 Å². The Balaban J connectivity index is 1.72. The van der Waals surface area contributed by atoms with Gasteiger partial charge in [-0.15, -0.1) is 0 Å². The van der Waals surface area contributed by atoms with Crippen molar-refractivity contribution in [3.05, 3.63) is 0 Å². The van der Waals surface area contributed by atoms with Gasteiger partial charge in [0.05, 0.1) is 0 Å². The second-order valence-electron chi connectivity index (χ2n) is 6.08. The SMILES string of the molecule is CC1CCC(CN2CCCC(CO)C2)CC1. The van der Waals surface area contributed by atoms with Crippen LogP contribution in [0.15, 0.2) is 0 Å². The zero-order chi connectivity index (χ0) is 11.4. The van der Waals surface area contributed by atoms with Gasteiger partial charge in [0.25, 0.3) is 0 Å². The molecule has 0 aromatic rings. The van der Waals surface area contributed by atoms with Crippen molar-refractivity contribution in [2.45, 2.75) is 45.4 Å². The van der Waals surface area contributed by atoms with Crippen LogP contribution in [0.2, 0.25) is 0 Å². The van der Waals surface area contributed by atoms with Crippen molar-refractivity contribution in [3.63, 3.8) is 0 Å². The number of rotatable bonds is 3. The van der Waals surface area contributed by atoms with Crippen molar-refractivity contribution in [2.24, 2.45) is 17.8 Å². The van der Waals surface area contributed by atoms with E-state index >= 15 is 0 Å². The van der Waals surface area contributed by atoms with Crippen molar-refractivity contribution in [1.82, 2.24) is 4.90 Å². The van der Waals surface area contributed by atoms with E-state index in [-0.39, 0.29) is 0 Å². The van der Waals surface area contributed by atoms with Gasteiger partial charge in [0, 0.05) is 19.7 Å². The van der Waals surface area contributed by atoms with Crippen LogP contribution in [-0.4, -0.2) is 36.2 Å². The smallest absolute Gasteiger partial charge is 0.0471 e. The zero-order valence-electron chi connectivity index (χ0n) is 10.7. The molecule has 2 aliphatic rings. The maximum Gasteiger partial charge on any atom is 0.0471 e. The topological polar surface area (TPSA) is 23.5 Å². The summed E-state index contributed by atoms with van der Waals surface area (Å²) >= 11 is 0. The number of likely N-dealkylation sites (tertiary alicyclic amines) is 1. The first-order valence-corrected chi connectivity index (χ1v) is 7.11. The Hall–Kier alpha value is -0.0800. The average molecular weight is 225 g/mol. The maximum atomic E-state index is 9.22. The van der Waals surface area contributed by atoms with E-state index in [2.05, 4.69) is 11.8 Å². The third-order valence-corrected chi connectivity index (χ3v) is 4.51. The van der Waals surface area contributed by atoms with Gasteiger partial charge in [-0.25, -0.2) is 0 Å². The van der Waals surface area contributed by atoms with Gasteiger partial charge in [-0.05, 0) is 50.0 Å². The molecule has 0 radical (unpaired) electrons. The molecule has 1 unspecified atom stereocenters. The van der Waals surface area contributed by atoms with E-state index in [1.54, 1.807) is 0 Å². The van der Waals surface area contributed by atoms with Crippen LogP contribution in [-0.2, 0) is 0 Å². The molecule has 1 heterocycles. The Bertz CT molecular complexity index is 199. The molecule has 0 spiro atoms. The number of aliphatic hydroxyl groups excluding tert-OH is 1. The van der Waals surface area contributed by atoms with E-state index in [9.17, 15) is 5.11 Å². The molecule has 1 aliphatic heterocycles. The van der Waals surface area contributed by atoms with E-state index in [1.807, 2.05) is 0 Å². The number of aliphatic hydroxyl groups is 1. The number of piperidine rings is 1. The molecule has 2 fully saturated rings. The molecule has 1 saturated carbocycles. The van der Waals surface area contributed by atoms with Gasteiger partial charge in [0.2, 0.25) is 0 Å². The highest BCUT2D eigenvalue weighted by Crippen LogP contribution is 2.29. The van der Waals surface area contributed by atoms with Crippen molar-refractivity contribution in [2.75, 3.05) is 26.2 Å². The largest absolute Gasteiger partial charge is 0.396 e. The molecule has 0 aromatic heterocycles. The molecule has 0 bridgehead atoms. The fourth-order valence-corrected chi connectivity index (χ4v) is 3.34. The third-order valence-electron chi connectivity index (χ3n) is 4.51. The lowest BCUT2D eigenvalue weighted by Gasteiger charge is -2.36. The second-order valence-corrected chi connectivity index (χ2v) is 6.08. The van der Waals surface area contributed by atoms with Crippen LogP contribution in [0.1, 0.15) is 45.4 Å². The summed E-state index contributed by atoms with van der Waals surface area (Å²) in [5.41, 5.74) is 0. The maximum absolute atomic E-state index is 9.22. The lowest BCUT2D eigenvalue weighted by atomic mass is 9.82. The van der Waals surface area contributed by atoms with E-state index in [1.165, 1.54) is 51.6 Å². The van der Waals surface area contributed by atoms with Crippen molar-refractivity contribution >= 4 is 0 Å². The third kappa shape index (κ3) is 3.46. The molecule has 1 aliphatic carbocycles. The predicted molar refractivity (Wildman–Crippen MR) is 67.4 cm³/mol. The monoisotopic (exact) mass is 225 g/mol. The van der Waals surface area contributed by atoms with Crippen molar-refractivity contribution in [3.8, 4) is 0 Å². The summed E-state index contributed by atoms with van der Waals surface area (Å²) in [6.45, 7) is 6.48. The first-order chi connectivity index (χ1) is 7.78. The number of hydrogen-bond donors (Lipinski definition) is 1. The molecule has 2 heteroatoms. The molecule has 16 heavy (non-hydrogen) atoms. The zero-order valence-corrected chi connectivity index (χ0v) is 10.7. The predicted octanol–water partition coefficient (Wildman–Crippen LogP) is 2.52. The van der Waals surface area contributed by atoms with Crippen LogP contribution in [0.4, 0.5) is 0 Å². The van der Waals surface area contributed by atoms with Crippen LogP contribution >= 0.6 is 0 Å². The van der Waals surface area contributed by atoms with Crippen LogP contribution < -0.4 is 0 Å². The van der Waals surface area contributed by atoms with Crippen LogP contribution in [0.25, 0.3) is 0 Å². The second kappa shape index (κ2) is 6.02. The molecule has 94 valence electrons. The Morgan fingerprint density at radius 3 is 2.50 bits per heavy atom. The average Bonchev–Trinajstić information content (AvgIpc) is 2.32.